The molecule has 0 saturated carbocycles. The summed E-state index contributed by atoms with van der Waals surface area (Å²) in [5.41, 5.74) is 11.7. The minimum Gasteiger partial charge on any atom is -0.324 e. The van der Waals surface area contributed by atoms with Crippen LogP contribution in [0.1, 0.15) is 47.7 Å². The summed E-state index contributed by atoms with van der Waals surface area (Å²) in [6, 6.07) is 18.2. The molecule has 0 amide bonds. The van der Waals surface area contributed by atoms with Gasteiger partial charge in [-0.2, -0.15) is 0 Å². The first-order valence-corrected chi connectivity index (χ1v) is 7.80. The van der Waals surface area contributed by atoms with Crippen LogP contribution in [-0.2, 0) is 6.42 Å². The number of aryl methyl sites for hydroxylation is 1. The van der Waals surface area contributed by atoms with Crippen LogP contribution in [0.15, 0.2) is 48.5 Å². The Morgan fingerprint density at radius 1 is 1.10 bits per heavy atom. The summed E-state index contributed by atoms with van der Waals surface area (Å²) in [6.45, 7) is 4.45. The first-order valence-electron chi connectivity index (χ1n) is 7.80. The van der Waals surface area contributed by atoms with Gasteiger partial charge >= 0.3 is 0 Å². The molecule has 110 valence electrons. The van der Waals surface area contributed by atoms with Gasteiger partial charge in [0.15, 0.2) is 0 Å². The predicted octanol–water partition coefficient (Wildman–Crippen LogP) is 3.66. The molecule has 0 spiro atoms. The molecule has 2 heteroatoms. The molecule has 1 aliphatic rings. The van der Waals surface area contributed by atoms with Crippen LogP contribution in [0.5, 0.6) is 0 Å². The van der Waals surface area contributed by atoms with Gasteiger partial charge in [-0.05, 0) is 48.9 Å². The summed E-state index contributed by atoms with van der Waals surface area (Å²) < 4.78 is 0. The lowest BCUT2D eigenvalue weighted by Gasteiger charge is -2.21. The molecule has 2 aromatic rings. The van der Waals surface area contributed by atoms with Crippen LogP contribution >= 0.6 is 0 Å². The van der Waals surface area contributed by atoms with E-state index in [1.54, 1.807) is 0 Å². The second-order valence-electron chi connectivity index (χ2n) is 6.22. The number of benzene rings is 2. The number of fused-ring (bicyclic) bond motifs is 1. The van der Waals surface area contributed by atoms with Gasteiger partial charge in [-0.25, -0.2) is 0 Å². The second kappa shape index (κ2) is 6.00. The normalized spacial score (nSPS) is 22.0. The molecule has 0 bridgehead atoms. The average Bonchev–Trinajstić information content (AvgIpc) is 2.79. The summed E-state index contributed by atoms with van der Waals surface area (Å²) in [6.07, 6.45) is 2.05. The van der Waals surface area contributed by atoms with Crippen LogP contribution in [0.2, 0.25) is 0 Å². The Bertz CT molecular complexity index is 620. The van der Waals surface area contributed by atoms with Gasteiger partial charge in [0.25, 0.3) is 0 Å². The third kappa shape index (κ3) is 3.02. The number of nitrogens with two attached hydrogens (primary N) is 1. The van der Waals surface area contributed by atoms with Gasteiger partial charge in [-0.15, -0.1) is 0 Å². The van der Waals surface area contributed by atoms with Crippen molar-refractivity contribution in [1.82, 2.24) is 5.32 Å². The molecule has 3 atom stereocenters. The van der Waals surface area contributed by atoms with E-state index in [0.29, 0.717) is 12.1 Å². The van der Waals surface area contributed by atoms with E-state index in [0.717, 1.165) is 12.8 Å². The maximum atomic E-state index is 6.25. The first-order chi connectivity index (χ1) is 10.1. The molecular formula is C19H24N2. The monoisotopic (exact) mass is 280 g/mol. The van der Waals surface area contributed by atoms with Crippen molar-refractivity contribution >= 4 is 0 Å². The highest BCUT2D eigenvalue weighted by molar-refractivity contribution is 5.37. The maximum Gasteiger partial charge on any atom is 0.0344 e. The Balaban J connectivity index is 1.69. The van der Waals surface area contributed by atoms with Gasteiger partial charge < -0.3 is 11.1 Å². The van der Waals surface area contributed by atoms with Gasteiger partial charge in [0.1, 0.15) is 0 Å². The van der Waals surface area contributed by atoms with E-state index < -0.39 is 0 Å². The Morgan fingerprint density at radius 3 is 2.52 bits per heavy atom. The van der Waals surface area contributed by atoms with E-state index in [1.807, 2.05) is 0 Å². The van der Waals surface area contributed by atoms with Crippen molar-refractivity contribution < 1.29 is 0 Å². The SMILES string of the molecule is Cc1ccccc1CC(C)NC1CC(N)c2ccccc21. The van der Waals surface area contributed by atoms with E-state index in [1.165, 1.54) is 22.3 Å². The topological polar surface area (TPSA) is 38.0 Å². The maximum absolute atomic E-state index is 6.25. The van der Waals surface area contributed by atoms with Crippen LogP contribution in [0.3, 0.4) is 0 Å². The largest absolute Gasteiger partial charge is 0.324 e. The standard InChI is InChI=1S/C19H24N2/c1-13-7-3-4-8-15(13)11-14(2)21-19-12-18(20)16-9-5-6-10-17(16)19/h3-10,14,18-19,21H,11-12,20H2,1-2H3. The molecule has 0 radical (unpaired) electrons. The smallest absolute Gasteiger partial charge is 0.0344 e. The number of nitrogens with one attached hydrogen (secondary N) is 1. The van der Waals surface area contributed by atoms with Crippen LogP contribution in [0, 0.1) is 6.92 Å². The molecule has 3 rings (SSSR count). The third-order valence-corrected chi connectivity index (χ3v) is 4.53. The van der Waals surface area contributed by atoms with Crippen molar-refractivity contribution in [1.29, 1.82) is 0 Å². The van der Waals surface area contributed by atoms with E-state index >= 15 is 0 Å². The fourth-order valence-electron chi connectivity index (χ4n) is 3.40. The van der Waals surface area contributed by atoms with Gasteiger partial charge in [0.05, 0.1) is 0 Å². The zero-order valence-electron chi connectivity index (χ0n) is 12.8. The van der Waals surface area contributed by atoms with Crippen molar-refractivity contribution in [3.05, 3.63) is 70.8 Å². The van der Waals surface area contributed by atoms with Crippen LogP contribution in [0.25, 0.3) is 0 Å². The fourth-order valence-corrected chi connectivity index (χ4v) is 3.40. The zero-order valence-corrected chi connectivity index (χ0v) is 12.8. The molecule has 0 fully saturated rings. The van der Waals surface area contributed by atoms with Gasteiger partial charge in [0, 0.05) is 18.1 Å². The number of hydrogen-bond donors (Lipinski definition) is 2. The highest BCUT2D eigenvalue weighted by atomic mass is 15.0. The lowest BCUT2D eigenvalue weighted by Crippen LogP contribution is -2.31. The van der Waals surface area contributed by atoms with Crippen molar-refractivity contribution in [3.8, 4) is 0 Å². The number of rotatable bonds is 4. The minimum absolute atomic E-state index is 0.171. The molecule has 3 unspecified atom stereocenters. The molecule has 0 aromatic heterocycles. The number of hydrogen-bond acceptors (Lipinski definition) is 2. The summed E-state index contributed by atoms with van der Waals surface area (Å²) >= 11 is 0. The van der Waals surface area contributed by atoms with Crippen molar-refractivity contribution in [3.63, 3.8) is 0 Å². The van der Waals surface area contributed by atoms with Crippen LogP contribution < -0.4 is 11.1 Å². The van der Waals surface area contributed by atoms with Crippen molar-refractivity contribution in [2.75, 3.05) is 0 Å². The summed E-state index contributed by atoms with van der Waals surface area (Å²) in [5.74, 6) is 0. The lowest BCUT2D eigenvalue weighted by atomic mass is 10.0. The lowest BCUT2D eigenvalue weighted by molar-refractivity contribution is 0.434. The van der Waals surface area contributed by atoms with Gasteiger partial charge in [-0.1, -0.05) is 48.5 Å². The quantitative estimate of drug-likeness (QED) is 0.897. The van der Waals surface area contributed by atoms with Crippen molar-refractivity contribution in [2.45, 2.75) is 44.8 Å². The second-order valence-corrected chi connectivity index (χ2v) is 6.22. The molecule has 3 N–H and O–H groups in total. The minimum atomic E-state index is 0.171. The van der Waals surface area contributed by atoms with Crippen LogP contribution in [-0.4, -0.2) is 6.04 Å². The van der Waals surface area contributed by atoms with Crippen LogP contribution in [0.4, 0.5) is 0 Å². The fraction of sp³-hybridized carbons (Fsp3) is 0.368. The van der Waals surface area contributed by atoms with E-state index in [-0.39, 0.29) is 6.04 Å². The molecule has 0 saturated heterocycles. The molecule has 2 nitrogen and oxygen atoms in total. The highest BCUT2D eigenvalue weighted by Crippen LogP contribution is 2.37. The summed E-state index contributed by atoms with van der Waals surface area (Å²) in [5, 5.41) is 3.76. The Morgan fingerprint density at radius 2 is 1.76 bits per heavy atom. The molecule has 2 aromatic carbocycles. The molecule has 0 aliphatic heterocycles. The van der Waals surface area contributed by atoms with E-state index in [4.69, 9.17) is 5.73 Å². The third-order valence-electron chi connectivity index (χ3n) is 4.53. The summed E-state index contributed by atoms with van der Waals surface area (Å²) in [7, 11) is 0. The van der Waals surface area contributed by atoms with E-state index in [2.05, 4.69) is 67.7 Å². The van der Waals surface area contributed by atoms with Gasteiger partial charge in [0.2, 0.25) is 0 Å². The molecule has 1 aliphatic carbocycles. The molecule has 21 heavy (non-hydrogen) atoms. The summed E-state index contributed by atoms with van der Waals surface area (Å²) in [4.78, 5) is 0. The van der Waals surface area contributed by atoms with Crippen molar-refractivity contribution in [2.24, 2.45) is 5.73 Å². The Hall–Kier alpha value is -1.64. The average molecular weight is 280 g/mol. The zero-order chi connectivity index (χ0) is 14.8. The van der Waals surface area contributed by atoms with Gasteiger partial charge in [-0.3, -0.25) is 0 Å². The molecule has 0 heterocycles. The highest BCUT2D eigenvalue weighted by Gasteiger charge is 2.28. The Labute approximate surface area is 127 Å². The Kier molecular flexibility index (Phi) is 4.09. The molecular weight excluding hydrogens is 256 g/mol. The first kappa shape index (κ1) is 14.3. The predicted molar refractivity (Wildman–Crippen MR) is 88.2 cm³/mol. The van der Waals surface area contributed by atoms with E-state index in [9.17, 15) is 0 Å².